The van der Waals surface area contributed by atoms with Crippen molar-refractivity contribution in [1.29, 1.82) is 0 Å². The molecule has 2 N–H and O–H groups in total. The van der Waals surface area contributed by atoms with Crippen LogP contribution in [0, 0.1) is 6.92 Å². The van der Waals surface area contributed by atoms with Gasteiger partial charge in [-0.25, -0.2) is 22.9 Å². The Labute approximate surface area is 135 Å². The number of aromatic nitrogens is 1. The largest absolute Gasteiger partial charge is 0.477 e. The highest BCUT2D eigenvalue weighted by atomic mass is 32.2. The van der Waals surface area contributed by atoms with E-state index < -0.39 is 16.0 Å². The van der Waals surface area contributed by atoms with Crippen molar-refractivity contribution in [3.05, 3.63) is 53.2 Å². The molecule has 1 aromatic carbocycles. The molecule has 122 valence electrons. The summed E-state index contributed by atoms with van der Waals surface area (Å²) in [5, 5.41) is 9.04. The third-order valence-corrected chi connectivity index (χ3v) is 4.17. The zero-order valence-corrected chi connectivity index (χ0v) is 13.9. The van der Waals surface area contributed by atoms with Crippen LogP contribution in [0.15, 0.2) is 36.4 Å². The molecule has 0 aliphatic rings. The second-order valence-electron chi connectivity index (χ2n) is 5.40. The molecule has 0 aliphatic heterocycles. The van der Waals surface area contributed by atoms with E-state index in [1.54, 1.807) is 37.3 Å². The molecule has 0 saturated heterocycles. The summed E-state index contributed by atoms with van der Waals surface area (Å²) in [4.78, 5) is 15.2. The molecule has 2 rings (SSSR count). The van der Waals surface area contributed by atoms with Gasteiger partial charge in [0.25, 0.3) is 0 Å². The van der Waals surface area contributed by atoms with Crippen LogP contribution in [0.25, 0.3) is 11.3 Å². The number of nitrogens with one attached hydrogen (secondary N) is 1. The third kappa shape index (κ3) is 4.37. The molecule has 2 aromatic rings. The standard InChI is InChI=1S/C16H18N2O4S/c1-10-4-9-14(16(19)20)17-15(10)13-7-5-12(6-8-13)11(2)18-23(3,21)22/h4-9,11,18H,1-3H3,(H,19,20)/t11-/m0/s1. The molecule has 0 bridgehead atoms. The molecule has 0 aliphatic carbocycles. The molecule has 0 amide bonds. The summed E-state index contributed by atoms with van der Waals surface area (Å²) in [6.07, 6.45) is 1.11. The SMILES string of the molecule is Cc1ccc(C(=O)O)nc1-c1ccc([C@H](C)NS(C)(=O)=O)cc1. The number of carboxylic acids is 1. The van der Waals surface area contributed by atoms with Gasteiger partial charge in [0, 0.05) is 11.6 Å². The van der Waals surface area contributed by atoms with Gasteiger partial charge in [0.1, 0.15) is 5.69 Å². The van der Waals surface area contributed by atoms with E-state index in [-0.39, 0.29) is 11.7 Å². The minimum atomic E-state index is -3.28. The van der Waals surface area contributed by atoms with Crippen LogP contribution in [-0.4, -0.2) is 30.7 Å². The van der Waals surface area contributed by atoms with Gasteiger partial charge in [-0.15, -0.1) is 0 Å². The van der Waals surface area contributed by atoms with Crippen molar-refractivity contribution < 1.29 is 18.3 Å². The van der Waals surface area contributed by atoms with E-state index in [2.05, 4.69) is 9.71 Å². The normalized spacial score (nSPS) is 12.8. The molecule has 1 atom stereocenters. The van der Waals surface area contributed by atoms with Gasteiger partial charge < -0.3 is 5.11 Å². The number of carbonyl (C=O) groups is 1. The predicted molar refractivity (Wildman–Crippen MR) is 87.8 cm³/mol. The summed E-state index contributed by atoms with van der Waals surface area (Å²) in [6, 6.07) is 10.0. The van der Waals surface area contributed by atoms with Crippen molar-refractivity contribution in [3.8, 4) is 11.3 Å². The summed E-state index contributed by atoms with van der Waals surface area (Å²) in [7, 11) is -3.28. The van der Waals surface area contributed by atoms with Crippen LogP contribution in [-0.2, 0) is 10.0 Å². The number of sulfonamides is 1. The van der Waals surface area contributed by atoms with Crippen molar-refractivity contribution >= 4 is 16.0 Å². The van der Waals surface area contributed by atoms with Crippen LogP contribution in [0.1, 0.15) is 34.6 Å². The lowest BCUT2D eigenvalue weighted by atomic mass is 10.0. The Balaban J connectivity index is 2.33. The molecular weight excluding hydrogens is 316 g/mol. The first-order chi connectivity index (χ1) is 10.7. The second-order valence-corrected chi connectivity index (χ2v) is 7.18. The van der Waals surface area contributed by atoms with Gasteiger partial charge in [-0.3, -0.25) is 0 Å². The number of benzene rings is 1. The molecule has 1 aromatic heterocycles. The fraction of sp³-hybridized carbons (Fsp3) is 0.250. The second kappa shape index (κ2) is 6.47. The Morgan fingerprint density at radius 1 is 1.17 bits per heavy atom. The third-order valence-electron chi connectivity index (χ3n) is 3.39. The molecule has 0 fully saturated rings. The fourth-order valence-electron chi connectivity index (χ4n) is 2.26. The average molecular weight is 334 g/mol. The summed E-state index contributed by atoms with van der Waals surface area (Å²) >= 11 is 0. The molecule has 0 saturated carbocycles. The zero-order valence-electron chi connectivity index (χ0n) is 13.1. The van der Waals surface area contributed by atoms with Gasteiger partial charge in [0.2, 0.25) is 10.0 Å². The van der Waals surface area contributed by atoms with Crippen molar-refractivity contribution in [2.45, 2.75) is 19.9 Å². The predicted octanol–water partition coefficient (Wildman–Crippen LogP) is 2.37. The lowest BCUT2D eigenvalue weighted by Crippen LogP contribution is -2.25. The number of nitrogens with zero attached hydrogens (tertiary/aromatic N) is 1. The van der Waals surface area contributed by atoms with Gasteiger partial charge in [-0.05, 0) is 31.0 Å². The summed E-state index contributed by atoms with van der Waals surface area (Å²) < 4.78 is 25.1. The maximum absolute atomic E-state index is 11.3. The first-order valence-corrected chi connectivity index (χ1v) is 8.85. The maximum atomic E-state index is 11.3. The van der Waals surface area contributed by atoms with E-state index in [0.29, 0.717) is 5.69 Å². The number of aromatic carboxylic acids is 1. The molecule has 1 heterocycles. The molecule has 7 heteroatoms. The molecular formula is C16H18N2O4S. The number of carboxylic acid groups (broad SMARTS) is 1. The molecule has 0 radical (unpaired) electrons. The van der Waals surface area contributed by atoms with E-state index in [9.17, 15) is 13.2 Å². The van der Waals surface area contributed by atoms with E-state index in [0.717, 1.165) is 22.9 Å². The smallest absolute Gasteiger partial charge is 0.354 e. The number of aryl methyl sites for hydroxylation is 1. The van der Waals surface area contributed by atoms with Crippen LogP contribution < -0.4 is 4.72 Å². The zero-order chi connectivity index (χ0) is 17.2. The lowest BCUT2D eigenvalue weighted by Gasteiger charge is -2.13. The number of pyridine rings is 1. The highest BCUT2D eigenvalue weighted by Gasteiger charge is 2.13. The van der Waals surface area contributed by atoms with Crippen molar-refractivity contribution in [2.75, 3.05) is 6.26 Å². The Morgan fingerprint density at radius 3 is 2.30 bits per heavy atom. The first-order valence-electron chi connectivity index (χ1n) is 6.96. The minimum absolute atomic E-state index is 0.0122. The Kier molecular flexibility index (Phi) is 4.82. The Hall–Kier alpha value is -2.25. The van der Waals surface area contributed by atoms with Crippen LogP contribution in [0.2, 0.25) is 0 Å². The van der Waals surface area contributed by atoms with Crippen LogP contribution in [0.3, 0.4) is 0 Å². The van der Waals surface area contributed by atoms with Gasteiger partial charge >= 0.3 is 5.97 Å². The molecule has 23 heavy (non-hydrogen) atoms. The van der Waals surface area contributed by atoms with Gasteiger partial charge in [0.05, 0.1) is 11.9 Å². The first kappa shape index (κ1) is 17.1. The number of rotatable bonds is 5. The minimum Gasteiger partial charge on any atom is -0.477 e. The van der Waals surface area contributed by atoms with E-state index in [1.807, 2.05) is 6.92 Å². The molecule has 0 unspecified atom stereocenters. The summed E-state index contributed by atoms with van der Waals surface area (Å²) in [5.41, 5.74) is 3.04. The summed E-state index contributed by atoms with van der Waals surface area (Å²) in [6.45, 7) is 3.61. The summed E-state index contributed by atoms with van der Waals surface area (Å²) in [5.74, 6) is -1.08. The van der Waals surface area contributed by atoms with Gasteiger partial charge in [-0.2, -0.15) is 0 Å². The van der Waals surface area contributed by atoms with Crippen LogP contribution in [0.5, 0.6) is 0 Å². The van der Waals surface area contributed by atoms with E-state index >= 15 is 0 Å². The highest BCUT2D eigenvalue weighted by Crippen LogP contribution is 2.24. The quantitative estimate of drug-likeness (QED) is 0.875. The molecule has 6 nitrogen and oxygen atoms in total. The van der Waals surface area contributed by atoms with Crippen molar-refractivity contribution in [1.82, 2.24) is 9.71 Å². The lowest BCUT2D eigenvalue weighted by molar-refractivity contribution is 0.0690. The van der Waals surface area contributed by atoms with Crippen LogP contribution in [0.4, 0.5) is 0 Å². The van der Waals surface area contributed by atoms with Crippen molar-refractivity contribution in [3.63, 3.8) is 0 Å². The molecule has 0 spiro atoms. The highest BCUT2D eigenvalue weighted by molar-refractivity contribution is 7.88. The van der Waals surface area contributed by atoms with E-state index in [1.165, 1.54) is 6.07 Å². The number of hydrogen-bond donors (Lipinski definition) is 2. The Morgan fingerprint density at radius 2 is 1.78 bits per heavy atom. The monoisotopic (exact) mass is 334 g/mol. The van der Waals surface area contributed by atoms with Crippen LogP contribution >= 0.6 is 0 Å². The topological polar surface area (TPSA) is 96.4 Å². The average Bonchev–Trinajstić information content (AvgIpc) is 2.46. The number of hydrogen-bond acceptors (Lipinski definition) is 4. The van der Waals surface area contributed by atoms with Gasteiger partial charge in [-0.1, -0.05) is 30.3 Å². The Bertz CT molecular complexity index is 830. The maximum Gasteiger partial charge on any atom is 0.354 e. The van der Waals surface area contributed by atoms with Gasteiger partial charge in [0.15, 0.2) is 0 Å². The fourth-order valence-corrected chi connectivity index (χ4v) is 3.04. The van der Waals surface area contributed by atoms with Crippen molar-refractivity contribution in [2.24, 2.45) is 0 Å². The van der Waals surface area contributed by atoms with E-state index in [4.69, 9.17) is 5.11 Å².